The summed E-state index contributed by atoms with van der Waals surface area (Å²) in [4.78, 5) is 0. The molecule has 0 saturated heterocycles. The molecule has 0 saturated carbocycles. The third-order valence-electron chi connectivity index (χ3n) is 2.26. The van der Waals surface area contributed by atoms with Gasteiger partial charge in [-0.1, -0.05) is 34.1 Å². The number of hydrogen-bond donors (Lipinski definition) is 0. The molecule has 2 rings (SSSR count). The highest BCUT2D eigenvalue weighted by Crippen LogP contribution is 2.16. The summed E-state index contributed by atoms with van der Waals surface area (Å²) in [6, 6.07) is 12.5. The maximum Gasteiger partial charge on any atom is 0.0260 e. The standard InChI is InChI=1S/C12H12BrN/c13-12-6-2-1-5-11(12)7-10-14-8-3-4-9-14/h1-6,8-9H,7,10H2. The molecular formula is C12H12BrN. The van der Waals surface area contributed by atoms with Crippen LogP contribution in [0.2, 0.25) is 0 Å². The molecule has 0 N–H and O–H groups in total. The van der Waals surface area contributed by atoms with Crippen LogP contribution in [0, 0.1) is 0 Å². The number of rotatable bonds is 3. The molecule has 2 aromatic rings. The Morgan fingerprint density at radius 1 is 1.00 bits per heavy atom. The van der Waals surface area contributed by atoms with Gasteiger partial charge in [0.2, 0.25) is 0 Å². The smallest absolute Gasteiger partial charge is 0.0260 e. The molecule has 0 atom stereocenters. The van der Waals surface area contributed by atoms with Crippen LogP contribution in [-0.2, 0) is 13.0 Å². The van der Waals surface area contributed by atoms with E-state index in [-0.39, 0.29) is 0 Å². The minimum Gasteiger partial charge on any atom is -0.354 e. The van der Waals surface area contributed by atoms with Gasteiger partial charge in [0.25, 0.3) is 0 Å². The van der Waals surface area contributed by atoms with Crippen LogP contribution >= 0.6 is 15.9 Å². The van der Waals surface area contributed by atoms with Crippen LogP contribution in [0.15, 0.2) is 53.3 Å². The summed E-state index contributed by atoms with van der Waals surface area (Å²) in [6.07, 6.45) is 5.25. The number of benzene rings is 1. The SMILES string of the molecule is Brc1ccccc1CCn1cccc1. The summed E-state index contributed by atoms with van der Waals surface area (Å²) in [5.41, 5.74) is 1.36. The van der Waals surface area contributed by atoms with Crippen molar-refractivity contribution in [3.63, 3.8) is 0 Å². The highest BCUT2D eigenvalue weighted by molar-refractivity contribution is 9.10. The van der Waals surface area contributed by atoms with Gasteiger partial charge in [0.15, 0.2) is 0 Å². The van der Waals surface area contributed by atoms with Gasteiger partial charge in [-0.2, -0.15) is 0 Å². The second-order valence-corrected chi connectivity index (χ2v) is 4.12. The predicted octanol–water partition coefficient (Wildman–Crippen LogP) is 3.49. The fourth-order valence-electron chi connectivity index (χ4n) is 1.47. The van der Waals surface area contributed by atoms with Crippen LogP contribution < -0.4 is 0 Å². The molecule has 14 heavy (non-hydrogen) atoms. The zero-order valence-corrected chi connectivity index (χ0v) is 9.44. The topological polar surface area (TPSA) is 4.93 Å². The van der Waals surface area contributed by atoms with E-state index < -0.39 is 0 Å². The van der Waals surface area contributed by atoms with Crippen molar-refractivity contribution in [2.24, 2.45) is 0 Å². The molecule has 0 amide bonds. The van der Waals surface area contributed by atoms with Crippen LogP contribution in [-0.4, -0.2) is 4.57 Å². The fraction of sp³-hybridized carbons (Fsp3) is 0.167. The van der Waals surface area contributed by atoms with E-state index >= 15 is 0 Å². The number of halogens is 1. The van der Waals surface area contributed by atoms with Gasteiger partial charge in [-0.15, -0.1) is 0 Å². The van der Waals surface area contributed by atoms with E-state index in [1.807, 2.05) is 6.07 Å². The van der Waals surface area contributed by atoms with Crippen molar-refractivity contribution in [2.75, 3.05) is 0 Å². The predicted molar refractivity (Wildman–Crippen MR) is 62.3 cm³/mol. The molecule has 0 bridgehead atoms. The van der Waals surface area contributed by atoms with Crippen LogP contribution in [0.25, 0.3) is 0 Å². The maximum absolute atomic E-state index is 3.55. The Bertz CT molecular complexity index is 392. The Kier molecular flexibility index (Phi) is 3.04. The minimum absolute atomic E-state index is 1.04. The van der Waals surface area contributed by atoms with Crippen LogP contribution in [0.4, 0.5) is 0 Å². The highest BCUT2D eigenvalue weighted by atomic mass is 79.9. The largest absolute Gasteiger partial charge is 0.354 e. The van der Waals surface area contributed by atoms with E-state index in [0.29, 0.717) is 0 Å². The summed E-state index contributed by atoms with van der Waals surface area (Å²) in [7, 11) is 0. The average molecular weight is 250 g/mol. The van der Waals surface area contributed by atoms with Crippen LogP contribution in [0.3, 0.4) is 0 Å². The Hall–Kier alpha value is -1.02. The van der Waals surface area contributed by atoms with Crippen molar-refractivity contribution in [2.45, 2.75) is 13.0 Å². The zero-order chi connectivity index (χ0) is 9.80. The summed E-state index contributed by atoms with van der Waals surface area (Å²) in [5.74, 6) is 0. The van der Waals surface area contributed by atoms with Gasteiger partial charge in [-0.25, -0.2) is 0 Å². The molecule has 1 aromatic carbocycles. The minimum atomic E-state index is 1.04. The van der Waals surface area contributed by atoms with E-state index in [9.17, 15) is 0 Å². The Morgan fingerprint density at radius 3 is 2.43 bits per heavy atom. The summed E-state index contributed by atoms with van der Waals surface area (Å²) < 4.78 is 3.39. The molecular weight excluding hydrogens is 238 g/mol. The quantitative estimate of drug-likeness (QED) is 0.785. The lowest BCUT2D eigenvalue weighted by atomic mass is 10.1. The number of hydrogen-bond acceptors (Lipinski definition) is 0. The lowest BCUT2D eigenvalue weighted by molar-refractivity contribution is 0.699. The maximum atomic E-state index is 3.55. The Labute approximate surface area is 92.5 Å². The molecule has 0 aliphatic heterocycles. The van der Waals surface area contributed by atoms with E-state index in [1.54, 1.807) is 0 Å². The molecule has 2 heteroatoms. The lowest BCUT2D eigenvalue weighted by Crippen LogP contribution is -1.98. The van der Waals surface area contributed by atoms with Crippen molar-refractivity contribution in [3.8, 4) is 0 Å². The number of nitrogens with zero attached hydrogens (tertiary/aromatic N) is 1. The Balaban J connectivity index is 2.02. The van der Waals surface area contributed by atoms with Gasteiger partial charge < -0.3 is 4.57 Å². The molecule has 0 radical (unpaired) electrons. The lowest BCUT2D eigenvalue weighted by Gasteiger charge is -2.04. The van der Waals surface area contributed by atoms with Gasteiger partial charge in [-0.3, -0.25) is 0 Å². The van der Waals surface area contributed by atoms with Crippen LogP contribution in [0.5, 0.6) is 0 Å². The molecule has 1 nitrogen and oxygen atoms in total. The third kappa shape index (κ3) is 2.26. The molecule has 0 aliphatic rings. The normalized spacial score (nSPS) is 10.4. The zero-order valence-electron chi connectivity index (χ0n) is 7.86. The summed E-state index contributed by atoms with van der Waals surface area (Å²) in [5, 5.41) is 0. The first-order valence-electron chi connectivity index (χ1n) is 4.70. The monoisotopic (exact) mass is 249 g/mol. The molecule has 1 aromatic heterocycles. The molecule has 72 valence electrons. The van der Waals surface area contributed by atoms with Crippen molar-refractivity contribution < 1.29 is 0 Å². The van der Waals surface area contributed by atoms with Crippen molar-refractivity contribution >= 4 is 15.9 Å². The average Bonchev–Trinajstić information content (AvgIpc) is 2.69. The first-order chi connectivity index (χ1) is 6.86. The first-order valence-corrected chi connectivity index (χ1v) is 5.50. The highest BCUT2D eigenvalue weighted by Gasteiger charge is 1.97. The van der Waals surface area contributed by atoms with Crippen molar-refractivity contribution in [3.05, 3.63) is 58.8 Å². The Morgan fingerprint density at radius 2 is 1.71 bits per heavy atom. The fourth-order valence-corrected chi connectivity index (χ4v) is 1.95. The van der Waals surface area contributed by atoms with E-state index in [2.05, 4.69) is 63.2 Å². The number of aryl methyl sites for hydroxylation is 2. The third-order valence-corrected chi connectivity index (χ3v) is 3.04. The van der Waals surface area contributed by atoms with Gasteiger partial charge in [-0.05, 0) is 30.2 Å². The van der Waals surface area contributed by atoms with E-state index in [4.69, 9.17) is 0 Å². The van der Waals surface area contributed by atoms with E-state index in [0.717, 1.165) is 13.0 Å². The molecule has 0 unspecified atom stereocenters. The van der Waals surface area contributed by atoms with Gasteiger partial charge in [0, 0.05) is 23.4 Å². The second-order valence-electron chi connectivity index (χ2n) is 3.26. The molecule has 1 heterocycles. The molecule has 0 fully saturated rings. The van der Waals surface area contributed by atoms with Crippen molar-refractivity contribution in [1.82, 2.24) is 4.57 Å². The molecule has 0 spiro atoms. The van der Waals surface area contributed by atoms with Crippen LogP contribution in [0.1, 0.15) is 5.56 Å². The van der Waals surface area contributed by atoms with E-state index in [1.165, 1.54) is 10.0 Å². The summed E-state index contributed by atoms with van der Waals surface area (Å²) in [6.45, 7) is 1.04. The summed E-state index contributed by atoms with van der Waals surface area (Å²) >= 11 is 3.55. The number of aromatic nitrogens is 1. The molecule has 0 aliphatic carbocycles. The first kappa shape index (κ1) is 9.53. The second kappa shape index (κ2) is 4.47. The van der Waals surface area contributed by atoms with Gasteiger partial charge in [0.05, 0.1) is 0 Å². The van der Waals surface area contributed by atoms with Gasteiger partial charge >= 0.3 is 0 Å². The van der Waals surface area contributed by atoms with Gasteiger partial charge in [0.1, 0.15) is 0 Å². The van der Waals surface area contributed by atoms with Crippen molar-refractivity contribution in [1.29, 1.82) is 0 Å².